The van der Waals surface area contributed by atoms with E-state index in [4.69, 9.17) is 4.74 Å². The lowest BCUT2D eigenvalue weighted by Gasteiger charge is -2.04. The van der Waals surface area contributed by atoms with Crippen LogP contribution in [0, 0.1) is 13.8 Å². The number of carbonyl (C=O) groups excluding carboxylic acids is 2. The second-order valence-corrected chi connectivity index (χ2v) is 6.43. The van der Waals surface area contributed by atoms with E-state index in [0.717, 1.165) is 20.8 Å². The molecule has 112 valence electrons. The molecule has 6 nitrogen and oxygen atoms in total. The number of fused-ring (bicyclic) bond motifs is 1. The molecule has 0 radical (unpaired) electrons. The zero-order valence-electron chi connectivity index (χ0n) is 11.9. The van der Waals surface area contributed by atoms with Crippen molar-refractivity contribution in [2.24, 2.45) is 0 Å². The minimum atomic E-state index is -0.444. The molecular formula is C13H15N3O3S2. The van der Waals surface area contributed by atoms with Gasteiger partial charge in [0, 0.05) is 17.3 Å². The molecule has 8 heteroatoms. The molecule has 0 spiro atoms. The zero-order chi connectivity index (χ0) is 15.4. The van der Waals surface area contributed by atoms with Gasteiger partial charge in [-0.25, -0.2) is 9.97 Å². The molecule has 0 atom stereocenters. The molecule has 2 aromatic heterocycles. The van der Waals surface area contributed by atoms with Crippen LogP contribution in [0.4, 0.5) is 0 Å². The Morgan fingerprint density at radius 1 is 1.38 bits per heavy atom. The number of esters is 1. The Morgan fingerprint density at radius 2 is 2.14 bits per heavy atom. The Labute approximate surface area is 130 Å². The second kappa shape index (κ2) is 6.86. The van der Waals surface area contributed by atoms with Crippen molar-refractivity contribution < 1.29 is 14.3 Å². The minimum Gasteiger partial charge on any atom is -0.455 e. The van der Waals surface area contributed by atoms with Crippen LogP contribution in [0.15, 0.2) is 11.4 Å². The highest BCUT2D eigenvalue weighted by atomic mass is 32.2. The quantitative estimate of drug-likeness (QED) is 0.512. The molecule has 2 aromatic rings. The lowest BCUT2D eigenvalue weighted by Crippen LogP contribution is -2.25. The van der Waals surface area contributed by atoms with E-state index in [1.807, 2.05) is 13.8 Å². The summed E-state index contributed by atoms with van der Waals surface area (Å²) >= 11 is 2.90. The molecule has 0 aliphatic rings. The zero-order valence-corrected chi connectivity index (χ0v) is 13.6. The van der Waals surface area contributed by atoms with Crippen molar-refractivity contribution in [3.8, 4) is 0 Å². The highest BCUT2D eigenvalue weighted by Crippen LogP contribution is 2.34. The second-order valence-electron chi connectivity index (χ2n) is 4.26. The van der Waals surface area contributed by atoms with Crippen molar-refractivity contribution >= 4 is 45.2 Å². The van der Waals surface area contributed by atoms with E-state index in [-0.39, 0.29) is 18.3 Å². The van der Waals surface area contributed by atoms with Crippen LogP contribution in [0.1, 0.15) is 10.4 Å². The van der Waals surface area contributed by atoms with Crippen LogP contribution < -0.4 is 5.32 Å². The molecule has 0 aliphatic heterocycles. The molecule has 2 rings (SSSR count). The van der Waals surface area contributed by atoms with Gasteiger partial charge in [0.15, 0.2) is 6.61 Å². The topological polar surface area (TPSA) is 81.2 Å². The fraction of sp³-hybridized carbons (Fsp3) is 0.385. The molecular weight excluding hydrogens is 310 g/mol. The summed E-state index contributed by atoms with van der Waals surface area (Å²) in [5, 5.41) is 4.14. The van der Waals surface area contributed by atoms with Gasteiger partial charge in [-0.2, -0.15) is 0 Å². The number of nitrogens with one attached hydrogen (secondary N) is 1. The average molecular weight is 325 g/mol. The summed E-state index contributed by atoms with van der Waals surface area (Å²) in [5.74, 6) is -0.667. The van der Waals surface area contributed by atoms with Crippen LogP contribution in [0.5, 0.6) is 0 Å². The van der Waals surface area contributed by atoms with Gasteiger partial charge in [-0.3, -0.25) is 9.59 Å². The minimum absolute atomic E-state index is 0.109. The molecule has 0 fully saturated rings. The van der Waals surface area contributed by atoms with Crippen molar-refractivity contribution in [1.29, 1.82) is 0 Å². The molecule has 0 bridgehead atoms. The lowest BCUT2D eigenvalue weighted by molar-refractivity contribution is -0.145. The van der Waals surface area contributed by atoms with Crippen molar-refractivity contribution in [2.75, 3.05) is 19.4 Å². The van der Waals surface area contributed by atoms with Crippen LogP contribution >= 0.6 is 23.1 Å². The number of hydrogen-bond donors (Lipinski definition) is 1. The third kappa shape index (κ3) is 3.70. The molecule has 2 heterocycles. The van der Waals surface area contributed by atoms with Crippen molar-refractivity contribution in [1.82, 2.24) is 15.3 Å². The molecule has 0 aromatic carbocycles. The Hall–Kier alpha value is -1.67. The first kappa shape index (κ1) is 15.7. The van der Waals surface area contributed by atoms with Gasteiger partial charge >= 0.3 is 5.97 Å². The lowest BCUT2D eigenvalue weighted by atomic mass is 10.2. The number of nitrogens with zero attached hydrogens (tertiary/aromatic N) is 2. The highest BCUT2D eigenvalue weighted by molar-refractivity contribution is 8.00. The van der Waals surface area contributed by atoms with Crippen LogP contribution in [-0.2, 0) is 14.3 Å². The SMILES string of the molecule is CNC(=O)COC(=O)CSc1ncnc2sc(C)c(C)c12. The molecule has 21 heavy (non-hydrogen) atoms. The van der Waals surface area contributed by atoms with Gasteiger partial charge in [0.25, 0.3) is 5.91 Å². The highest BCUT2D eigenvalue weighted by Gasteiger charge is 2.14. The van der Waals surface area contributed by atoms with E-state index in [9.17, 15) is 9.59 Å². The van der Waals surface area contributed by atoms with Gasteiger partial charge in [0.05, 0.1) is 5.75 Å². The van der Waals surface area contributed by atoms with Crippen LogP contribution in [0.25, 0.3) is 10.2 Å². The first-order valence-corrected chi connectivity index (χ1v) is 8.02. The van der Waals surface area contributed by atoms with Gasteiger partial charge in [-0.15, -0.1) is 11.3 Å². The van der Waals surface area contributed by atoms with Crippen molar-refractivity contribution in [3.05, 3.63) is 16.8 Å². The number of ether oxygens (including phenoxy) is 1. The Balaban J connectivity index is 2.04. The van der Waals surface area contributed by atoms with E-state index < -0.39 is 5.97 Å². The number of thiophene rings is 1. The fourth-order valence-corrected chi connectivity index (χ4v) is 3.56. The summed E-state index contributed by atoms with van der Waals surface area (Å²) < 4.78 is 4.85. The number of likely N-dealkylation sites (N-methyl/N-ethyl adjacent to an activating group) is 1. The van der Waals surface area contributed by atoms with E-state index >= 15 is 0 Å². The van der Waals surface area contributed by atoms with Gasteiger partial charge in [0.2, 0.25) is 0 Å². The molecule has 0 saturated carbocycles. The Morgan fingerprint density at radius 3 is 2.86 bits per heavy atom. The average Bonchev–Trinajstić information content (AvgIpc) is 2.78. The summed E-state index contributed by atoms with van der Waals surface area (Å²) in [6.07, 6.45) is 1.50. The van der Waals surface area contributed by atoms with Crippen LogP contribution in [-0.4, -0.2) is 41.3 Å². The normalized spacial score (nSPS) is 10.6. The van der Waals surface area contributed by atoms with Gasteiger partial charge in [-0.05, 0) is 19.4 Å². The summed E-state index contributed by atoms with van der Waals surface area (Å²) in [4.78, 5) is 33.2. The molecule has 0 aliphatic carbocycles. The first-order chi connectivity index (χ1) is 10.0. The first-order valence-electron chi connectivity index (χ1n) is 6.22. The van der Waals surface area contributed by atoms with Gasteiger partial charge in [-0.1, -0.05) is 11.8 Å². The molecule has 0 unspecified atom stereocenters. The number of thioether (sulfide) groups is 1. The smallest absolute Gasteiger partial charge is 0.316 e. The van der Waals surface area contributed by atoms with Gasteiger partial charge in [0.1, 0.15) is 16.2 Å². The number of hydrogen-bond acceptors (Lipinski definition) is 7. The molecule has 1 amide bonds. The summed E-state index contributed by atoms with van der Waals surface area (Å²) in [5.41, 5.74) is 1.14. The maximum atomic E-state index is 11.6. The Kier molecular flexibility index (Phi) is 5.13. The molecule has 0 saturated heterocycles. The fourth-order valence-electron chi connectivity index (χ4n) is 1.65. The predicted octanol–water partition coefficient (Wildman–Crippen LogP) is 1.69. The monoisotopic (exact) mass is 325 g/mol. The van der Waals surface area contributed by atoms with E-state index in [1.165, 1.54) is 30.0 Å². The largest absolute Gasteiger partial charge is 0.455 e. The molecule has 1 N–H and O–H groups in total. The number of amides is 1. The van der Waals surface area contributed by atoms with E-state index in [1.54, 1.807) is 11.3 Å². The predicted molar refractivity (Wildman–Crippen MR) is 82.6 cm³/mol. The number of carbonyl (C=O) groups is 2. The van der Waals surface area contributed by atoms with Gasteiger partial charge < -0.3 is 10.1 Å². The summed E-state index contributed by atoms with van der Waals surface area (Å²) in [6.45, 7) is 3.80. The van der Waals surface area contributed by atoms with Crippen LogP contribution in [0.2, 0.25) is 0 Å². The summed E-state index contributed by atoms with van der Waals surface area (Å²) in [6, 6.07) is 0. The third-order valence-electron chi connectivity index (χ3n) is 2.90. The number of aromatic nitrogens is 2. The van der Waals surface area contributed by atoms with Crippen LogP contribution in [0.3, 0.4) is 0 Å². The van der Waals surface area contributed by atoms with E-state index in [2.05, 4.69) is 15.3 Å². The maximum Gasteiger partial charge on any atom is 0.316 e. The number of rotatable bonds is 5. The standard InChI is InChI=1S/C13H15N3O3S2/c1-7-8(2)21-13-11(7)12(15-6-16-13)20-5-10(18)19-4-9(17)14-3/h6H,4-5H2,1-3H3,(H,14,17). The maximum absolute atomic E-state index is 11.6. The van der Waals surface area contributed by atoms with E-state index in [0.29, 0.717) is 0 Å². The van der Waals surface area contributed by atoms with Crippen molar-refractivity contribution in [3.63, 3.8) is 0 Å². The summed E-state index contributed by atoms with van der Waals surface area (Å²) in [7, 11) is 1.49. The Bertz CT molecular complexity index is 685. The third-order valence-corrected chi connectivity index (χ3v) is 4.98. The number of aryl methyl sites for hydroxylation is 2. The van der Waals surface area contributed by atoms with Crippen molar-refractivity contribution in [2.45, 2.75) is 18.9 Å².